The fourth-order valence-corrected chi connectivity index (χ4v) is 3.26. The molecule has 1 unspecified atom stereocenters. The van der Waals surface area contributed by atoms with E-state index in [4.69, 9.17) is 23.2 Å². The van der Waals surface area contributed by atoms with E-state index in [9.17, 15) is 10.1 Å². The van der Waals surface area contributed by atoms with Crippen molar-refractivity contribution in [2.24, 2.45) is 0 Å². The number of rotatable bonds is 4. The lowest BCUT2D eigenvalue weighted by Gasteiger charge is -2.12. The van der Waals surface area contributed by atoms with E-state index in [1.165, 1.54) is 12.1 Å². The lowest BCUT2D eigenvalue weighted by molar-refractivity contribution is -0.384. The van der Waals surface area contributed by atoms with Crippen LogP contribution in [0.5, 0.6) is 0 Å². The molecule has 2 aromatic carbocycles. The van der Waals surface area contributed by atoms with E-state index in [0.29, 0.717) is 11.4 Å². The van der Waals surface area contributed by atoms with Crippen LogP contribution in [0.15, 0.2) is 42.5 Å². The molecular weight excluding hydrogens is 412 g/mol. The second-order valence-corrected chi connectivity index (χ2v) is 6.39. The first kappa shape index (κ1) is 15.5. The zero-order chi connectivity index (χ0) is 14.7. The highest BCUT2D eigenvalue weighted by Crippen LogP contribution is 2.31. The minimum Gasteiger partial charge on any atom is -0.258 e. The van der Waals surface area contributed by atoms with E-state index in [1.807, 2.05) is 18.2 Å². The number of hydrogen-bond donors (Lipinski definition) is 0. The van der Waals surface area contributed by atoms with Gasteiger partial charge in [-0.15, -0.1) is 11.6 Å². The van der Waals surface area contributed by atoms with Gasteiger partial charge in [0.15, 0.2) is 0 Å². The van der Waals surface area contributed by atoms with Gasteiger partial charge in [0.2, 0.25) is 0 Å². The van der Waals surface area contributed by atoms with E-state index in [2.05, 4.69) is 22.6 Å². The molecule has 3 nitrogen and oxygen atoms in total. The van der Waals surface area contributed by atoms with Gasteiger partial charge >= 0.3 is 0 Å². The Bertz CT molecular complexity index is 632. The Morgan fingerprint density at radius 1 is 1.20 bits per heavy atom. The Balaban J connectivity index is 2.16. The van der Waals surface area contributed by atoms with Crippen LogP contribution in [0.4, 0.5) is 5.69 Å². The molecule has 1 atom stereocenters. The number of alkyl halides is 1. The first-order chi connectivity index (χ1) is 9.47. The van der Waals surface area contributed by atoms with Gasteiger partial charge < -0.3 is 0 Å². The molecule has 0 radical (unpaired) electrons. The zero-order valence-electron chi connectivity index (χ0n) is 10.2. The number of nitrogens with zero attached hydrogens (tertiary/aromatic N) is 1. The quantitative estimate of drug-likeness (QED) is 0.288. The van der Waals surface area contributed by atoms with Gasteiger partial charge in [0.25, 0.3) is 5.69 Å². The molecule has 2 aromatic rings. The van der Waals surface area contributed by atoms with Crippen molar-refractivity contribution in [1.82, 2.24) is 0 Å². The van der Waals surface area contributed by atoms with E-state index >= 15 is 0 Å². The summed E-state index contributed by atoms with van der Waals surface area (Å²) in [7, 11) is 0. The number of nitro groups is 1. The summed E-state index contributed by atoms with van der Waals surface area (Å²) < 4.78 is 1.05. The summed E-state index contributed by atoms with van der Waals surface area (Å²) in [5.74, 6) is 0. The summed E-state index contributed by atoms with van der Waals surface area (Å²) in [6, 6.07) is 12.0. The van der Waals surface area contributed by atoms with Gasteiger partial charge in [0, 0.05) is 20.7 Å². The lowest BCUT2D eigenvalue weighted by atomic mass is 10.0. The monoisotopic (exact) mass is 421 g/mol. The molecule has 0 spiro atoms. The van der Waals surface area contributed by atoms with Gasteiger partial charge in [-0.1, -0.05) is 23.7 Å². The van der Waals surface area contributed by atoms with Crippen LogP contribution < -0.4 is 0 Å². The average molecular weight is 422 g/mol. The molecule has 0 saturated heterocycles. The van der Waals surface area contributed by atoms with Gasteiger partial charge in [-0.3, -0.25) is 10.1 Å². The summed E-state index contributed by atoms with van der Waals surface area (Å²) in [5, 5.41) is 11.0. The van der Waals surface area contributed by atoms with Crippen molar-refractivity contribution in [3.63, 3.8) is 0 Å². The molecule has 0 aliphatic rings. The Hall–Kier alpha value is -0.850. The summed E-state index contributed by atoms with van der Waals surface area (Å²) in [4.78, 5) is 10.2. The number of non-ortho nitro benzene ring substituents is 1. The summed E-state index contributed by atoms with van der Waals surface area (Å²) in [6.45, 7) is 0. The van der Waals surface area contributed by atoms with Gasteiger partial charge in [-0.2, -0.15) is 0 Å². The maximum absolute atomic E-state index is 10.6. The molecule has 0 aliphatic heterocycles. The van der Waals surface area contributed by atoms with Gasteiger partial charge in [-0.05, 0) is 58.3 Å². The second-order valence-electron chi connectivity index (χ2n) is 4.26. The van der Waals surface area contributed by atoms with Crippen LogP contribution in [0.2, 0.25) is 5.02 Å². The van der Waals surface area contributed by atoms with Crippen molar-refractivity contribution >= 4 is 51.5 Å². The van der Waals surface area contributed by atoms with Crippen LogP contribution in [-0.2, 0) is 6.42 Å². The van der Waals surface area contributed by atoms with E-state index < -0.39 is 4.92 Å². The van der Waals surface area contributed by atoms with E-state index in [1.54, 1.807) is 12.1 Å². The molecule has 0 fully saturated rings. The lowest BCUT2D eigenvalue weighted by Crippen LogP contribution is -1.99. The SMILES string of the molecule is O=[N+]([O-])c1ccc(CC(Cl)c2cc(Cl)ccc2I)cc1. The average Bonchev–Trinajstić information content (AvgIpc) is 2.42. The summed E-state index contributed by atoms with van der Waals surface area (Å²) in [5.41, 5.74) is 2.00. The topological polar surface area (TPSA) is 43.1 Å². The predicted molar refractivity (Wildman–Crippen MR) is 89.6 cm³/mol. The maximum Gasteiger partial charge on any atom is 0.269 e. The van der Waals surface area contributed by atoms with Gasteiger partial charge in [0.05, 0.1) is 10.3 Å². The molecule has 0 N–H and O–H groups in total. The van der Waals surface area contributed by atoms with Crippen LogP contribution in [0.3, 0.4) is 0 Å². The second kappa shape index (κ2) is 6.74. The van der Waals surface area contributed by atoms with Gasteiger partial charge in [0.1, 0.15) is 0 Å². The molecule has 20 heavy (non-hydrogen) atoms. The molecule has 0 bridgehead atoms. The van der Waals surface area contributed by atoms with Crippen molar-refractivity contribution < 1.29 is 4.92 Å². The summed E-state index contributed by atoms with van der Waals surface area (Å²) >= 11 is 14.6. The third-order valence-corrected chi connectivity index (χ3v) is 4.46. The van der Waals surface area contributed by atoms with Crippen LogP contribution in [0, 0.1) is 13.7 Å². The molecule has 0 aromatic heterocycles. The molecule has 104 valence electrons. The minimum absolute atomic E-state index is 0.0807. The van der Waals surface area contributed by atoms with E-state index in [-0.39, 0.29) is 11.1 Å². The fourth-order valence-electron chi connectivity index (χ4n) is 1.83. The van der Waals surface area contributed by atoms with Crippen LogP contribution in [0.25, 0.3) is 0 Å². The molecule has 6 heteroatoms. The standard InChI is InChI=1S/C14H10Cl2INO2/c15-10-3-6-14(17)12(8-10)13(16)7-9-1-4-11(5-2-9)18(19)20/h1-6,8,13H,7H2. The minimum atomic E-state index is -0.415. The number of hydrogen-bond acceptors (Lipinski definition) is 2. The van der Waals surface area contributed by atoms with Crippen molar-refractivity contribution in [3.05, 3.63) is 72.3 Å². The highest BCUT2D eigenvalue weighted by Gasteiger charge is 2.14. The highest BCUT2D eigenvalue weighted by atomic mass is 127. The molecule has 0 saturated carbocycles. The first-order valence-electron chi connectivity index (χ1n) is 5.79. The number of benzene rings is 2. The third-order valence-electron chi connectivity index (χ3n) is 2.86. The molecule has 0 aliphatic carbocycles. The smallest absolute Gasteiger partial charge is 0.258 e. The number of halogens is 3. The largest absolute Gasteiger partial charge is 0.269 e. The Morgan fingerprint density at radius 3 is 2.45 bits per heavy atom. The van der Waals surface area contributed by atoms with Crippen molar-refractivity contribution in [2.75, 3.05) is 0 Å². The zero-order valence-corrected chi connectivity index (χ0v) is 13.9. The molecule has 2 rings (SSSR count). The molecular formula is C14H10Cl2INO2. The fraction of sp³-hybridized carbons (Fsp3) is 0.143. The molecule has 0 amide bonds. The summed E-state index contributed by atoms with van der Waals surface area (Å²) in [6.07, 6.45) is 0.593. The van der Waals surface area contributed by atoms with E-state index in [0.717, 1.165) is 14.7 Å². The van der Waals surface area contributed by atoms with Crippen molar-refractivity contribution in [3.8, 4) is 0 Å². The highest BCUT2D eigenvalue weighted by molar-refractivity contribution is 14.1. The Labute approximate surface area is 140 Å². The maximum atomic E-state index is 10.6. The van der Waals surface area contributed by atoms with Crippen molar-refractivity contribution in [1.29, 1.82) is 0 Å². The van der Waals surface area contributed by atoms with Crippen LogP contribution >= 0.6 is 45.8 Å². The van der Waals surface area contributed by atoms with Crippen LogP contribution in [-0.4, -0.2) is 4.92 Å². The third kappa shape index (κ3) is 3.84. The predicted octanol–water partition coefficient (Wildman–Crippen LogP) is 5.38. The van der Waals surface area contributed by atoms with Crippen LogP contribution in [0.1, 0.15) is 16.5 Å². The first-order valence-corrected chi connectivity index (χ1v) is 7.69. The Kier molecular flexibility index (Phi) is 5.23. The normalized spacial score (nSPS) is 12.2. The van der Waals surface area contributed by atoms with Gasteiger partial charge in [-0.25, -0.2) is 0 Å². The molecule has 0 heterocycles. The Morgan fingerprint density at radius 2 is 1.85 bits per heavy atom. The number of nitro benzene ring substituents is 1. The van der Waals surface area contributed by atoms with Crippen molar-refractivity contribution in [2.45, 2.75) is 11.8 Å².